The third-order valence-corrected chi connectivity index (χ3v) is 4.59. The van der Waals surface area contributed by atoms with Gasteiger partial charge in [0.2, 0.25) is 0 Å². The Bertz CT molecular complexity index is 1160. The number of hydrogen-bond acceptors (Lipinski definition) is 0. The summed E-state index contributed by atoms with van der Waals surface area (Å²) in [6, 6.07) is 30.3. The molecular weight excluding hydrogens is 278 g/mol. The lowest BCUT2D eigenvalue weighted by atomic mass is 10.00. The number of nitrogens with one attached hydrogen (secondary N) is 1. The number of hydrogen-bond donors (Lipinski definition) is 1. The third kappa shape index (κ3) is 1.94. The minimum atomic E-state index is 1.19. The van der Waals surface area contributed by atoms with Crippen molar-refractivity contribution in [3.8, 4) is 11.1 Å². The van der Waals surface area contributed by atoms with Crippen LogP contribution in [0.2, 0.25) is 0 Å². The Labute approximate surface area is 134 Å². The van der Waals surface area contributed by atoms with Crippen molar-refractivity contribution in [2.24, 2.45) is 0 Å². The van der Waals surface area contributed by atoms with Crippen LogP contribution in [-0.4, -0.2) is 4.98 Å². The number of benzene rings is 4. The van der Waals surface area contributed by atoms with E-state index in [2.05, 4.69) is 89.9 Å². The van der Waals surface area contributed by atoms with Crippen molar-refractivity contribution < 1.29 is 0 Å². The maximum atomic E-state index is 3.53. The van der Waals surface area contributed by atoms with E-state index in [1.807, 2.05) is 0 Å². The predicted octanol–water partition coefficient (Wildman–Crippen LogP) is 6.14. The van der Waals surface area contributed by atoms with Gasteiger partial charge in [0, 0.05) is 21.8 Å². The Balaban J connectivity index is 1.73. The highest BCUT2D eigenvalue weighted by atomic mass is 14.7. The first-order valence-corrected chi connectivity index (χ1v) is 7.88. The summed E-state index contributed by atoms with van der Waals surface area (Å²) in [6.07, 6.45) is 0. The number of H-pyrrole nitrogens is 1. The summed E-state index contributed by atoms with van der Waals surface area (Å²) in [7, 11) is 0. The molecule has 23 heavy (non-hydrogen) atoms. The van der Waals surface area contributed by atoms with Crippen molar-refractivity contribution in [1.82, 2.24) is 4.98 Å². The lowest BCUT2D eigenvalue weighted by Gasteiger charge is -2.04. The molecule has 1 N–H and O–H groups in total. The lowest BCUT2D eigenvalue weighted by Crippen LogP contribution is -1.79. The fourth-order valence-corrected chi connectivity index (χ4v) is 3.40. The zero-order chi connectivity index (χ0) is 15.2. The molecule has 5 rings (SSSR count). The number of aromatic nitrogens is 1. The van der Waals surface area contributed by atoms with Crippen LogP contribution in [0.15, 0.2) is 84.9 Å². The second-order valence-electron chi connectivity index (χ2n) is 5.99. The van der Waals surface area contributed by atoms with Crippen molar-refractivity contribution >= 4 is 32.6 Å². The Hall–Kier alpha value is -3.06. The molecule has 0 atom stereocenters. The summed E-state index contributed by atoms with van der Waals surface area (Å²) in [5.41, 5.74) is 4.88. The summed E-state index contributed by atoms with van der Waals surface area (Å²) < 4.78 is 0. The van der Waals surface area contributed by atoms with Gasteiger partial charge in [-0.1, -0.05) is 66.7 Å². The molecule has 0 fully saturated rings. The maximum Gasteiger partial charge on any atom is 0.0471 e. The number of rotatable bonds is 1. The second kappa shape index (κ2) is 4.72. The van der Waals surface area contributed by atoms with E-state index in [-0.39, 0.29) is 0 Å². The Morgan fingerprint density at radius 1 is 0.478 bits per heavy atom. The van der Waals surface area contributed by atoms with Crippen LogP contribution in [0.3, 0.4) is 0 Å². The Kier molecular flexibility index (Phi) is 2.56. The number of aromatic amines is 1. The van der Waals surface area contributed by atoms with E-state index in [1.54, 1.807) is 0 Å². The van der Waals surface area contributed by atoms with Crippen LogP contribution in [0, 0.1) is 0 Å². The second-order valence-corrected chi connectivity index (χ2v) is 5.99. The molecule has 4 aromatic carbocycles. The number of para-hydroxylation sites is 1. The molecule has 1 aromatic heterocycles. The highest BCUT2D eigenvalue weighted by Crippen LogP contribution is 2.30. The molecule has 0 saturated carbocycles. The molecule has 0 amide bonds. The molecule has 1 nitrogen and oxygen atoms in total. The SMILES string of the molecule is c1ccc2cc(-c3ccc4c(c3)[nH]c3ccccc34)ccc2c1. The van der Waals surface area contributed by atoms with Gasteiger partial charge in [-0.25, -0.2) is 0 Å². The molecule has 1 heteroatoms. The molecule has 1 heterocycles. The fraction of sp³-hybridized carbons (Fsp3) is 0. The van der Waals surface area contributed by atoms with Crippen molar-refractivity contribution in [2.45, 2.75) is 0 Å². The zero-order valence-corrected chi connectivity index (χ0v) is 12.6. The highest BCUT2D eigenvalue weighted by Gasteiger charge is 2.06. The minimum Gasteiger partial charge on any atom is -0.354 e. The van der Waals surface area contributed by atoms with Gasteiger partial charge in [0.25, 0.3) is 0 Å². The van der Waals surface area contributed by atoms with E-state index >= 15 is 0 Å². The summed E-state index contributed by atoms with van der Waals surface area (Å²) in [4.78, 5) is 3.53. The van der Waals surface area contributed by atoms with Gasteiger partial charge < -0.3 is 4.98 Å². The smallest absolute Gasteiger partial charge is 0.0471 e. The van der Waals surface area contributed by atoms with Gasteiger partial charge in [0.15, 0.2) is 0 Å². The quantitative estimate of drug-likeness (QED) is 0.382. The summed E-state index contributed by atoms with van der Waals surface area (Å²) in [5, 5.41) is 5.13. The first-order chi connectivity index (χ1) is 11.4. The fourth-order valence-electron chi connectivity index (χ4n) is 3.40. The molecule has 5 aromatic rings. The Morgan fingerprint density at radius 2 is 1.17 bits per heavy atom. The maximum absolute atomic E-state index is 3.53. The average Bonchev–Trinajstić information content (AvgIpc) is 2.99. The zero-order valence-electron chi connectivity index (χ0n) is 12.6. The summed E-state index contributed by atoms with van der Waals surface area (Å²) in [5.74, 6) is 0. The largest absolute Gasteiger partial charge is 0.354 e. The molecule has 0 aliphatic carbocycles. The van der Waals surface area contributed by atoms with Gasteiger partial charge in [0.05, 0.1) is 0 Å². The van der Waals surface area contributed by atoms with Crippen LogP contribution in [0.5, 0.6) is 0 Å². The van der Waals surface area contributed by atoms with Crippen LogP contribution < -0.4 is 0 Å². The molecule has 0 bridgehead atoms. The number of fused-ring (bicyclic) bond motifs is 4. The molecule has 0 unspecified atom stereocenters. The van der Waals surface area contributed by atoms with E-state index in [4.69, 9.17) is 0 Å². The van der Waals surface area contributed by atoms with Crippen molar-refractivity contribution in [3.63, 3.8) is 0 Å². The van der Waals surface area contributed by atoms with Gasteiger partial charge in [-0.3, -0.25) is 0 Å². The van der Waals surface area contributed by atoms with Crippen molar-refractivity contribution in [2.75, 3.05) is 0 Å². The van der Waals surface area contributed by atoms with Crippen LogP contribution >= 0.6 is 0 Å². The van der Waals surface area contributed by atoms with Crippen LogP contribution in [0.1, 0.15) is 0 Å². The van der Waals surface area contributed by atoms with Gasteiger partial charge in [-0.15, -0.1) is 0 Å². The van der Waals surface area contributed by atoms with Gasteiger partial charge >= 0.3 is 0 Å². The van der Waals surface area contributed by atoms with E-state index in [9.17, 15) is 0 Å². The Morgan fingerprint density at radius 3 is 2.13 bits per heavy atom. The van der Waals surface area contributed by atoms with E-state index in [0.29, 0.717) is 0 Å². The third-order valence-electron chi connectivity index (χ3n) is 4.59. The monoisotopic (exact) mass is 293 g/mol. The lowest BCUT2D eigenvalue weighted by molar-refractivity contribution is 1.54. The van der Waals surface area contributed by atoms with Crippen LogP contribution in [0.25, 0.3) is 43.7 Å². The molecule has 0 aliphatic heterocycles. The van der Waals surface area contributed by atoms with Gasteiger partial charge in [-0.05, 0) is 40.1 Å². The molecule has 0 radical (unpaired) electrons. The van der Waals surface area contributed by atoms with Crippen molar-refractivity contribution in [3.05, 3.63) is 84.9 Å². The van der Waals surface area contributed by atoms with E-state index in [0.717, 1.165) is 0 Å². The van der Waals surface area contributed by atoms with E-state index < -0.39 is 0 Å². The molecule has 0 spiro atoms. The van der Waals surface area contributed by atoms with Crippen LogP contribution in [-0.2, 0) is 0 Å². The standard InChI is InChI=1S/C22H15N/c1-2-6-16-13-17(10-9-15(16)5-1)18-11-12-20-19-7-3-4-8-21(19)23-22(20)14-18/h1-14,23H. The molecule has 0 aliphatic rings. The highest BCUT2D eigenvalue weighted by molar-refractivity contribution is 6.08. The predicted molar refractivity (Wildman–Crippen MR) is 98.7 cm³/mol. The molecular formula is C22H15N. The van der Waals surface area contributed by atoms with Crippen LogP contribution in [0.4, 0.5) is 0 Å². The summed E-state index contributed by atoms with van der Waals surface area (Å²) >= 11 is 0. The van der Waals surface area contributed by atoms with Crippen molar-refractivity contribution in [1.29, 1.82) is 0 Å². The summed E-state index contributed by atoms with van der Waals surface area (Å²) in [6.45, 7) is 0. The minimum absolute atomic E-state index is 1.19. The molecule has 108 valence electrons. The van der Waals surface area contributed by atoms with E-state index in [1.165, 1.54) is 43.7 Å². The first kappa shape index (κ1) is 12.5. The average molecular weight is 293 g/mol. The normalized spacial score (nSPS) is 11.5. The molecule has 0 saturated heterocycles. The van der Waals surface area contributed by atoms with Gasteiger partial charge in [0.1, 0.15) is 0 Å². The van der Waals surface area contributed by atoms with Gasteiger partial charge in [-0.2, -0.15) is 0 Å². The first-order valence-electron chi connectivity index (χ1n) is 7.88. The topological polar surface area (TPSA) is 15.8 Å².